The first-order chi connectivity index (χ1) is 8.55. The minimum absolute atomic E-state index is 0.156. The fourth-order valence-electron chi connectivity index (χ4n) is 1.60. The quantitative estimate of drug-likeness (QED) is 0.753. The van der Waals surface area contributed by atoms with Gasteiger partial charge in [-0.1, -0.05) is 15.9 Å². The molecular weight excluding hydrogens is 316 g/mol. The Labute approximate surface area is 116 Å². The first kappa shape index (κ1) is 13.8. The van der Waals surface area contributed by atoms with Crippen molar-refractivity contribution in [3.63, 3.8) is 0 Å². The zero-order valence-corrected chi connectivity index (χ0v) is 12.4. The first-order valence-corrected chi connectivity index (χ1v) is 8.49. The summed E-state index contributed by atoms with van der Waals surface area (Å²) in [5, 5.41) is 3.30. The molecule has 2 N–H and O–H groups in total. The van der Waals surface area contributed by atoms with Crippen LogP contribution >= 0.6 is 15.9 Å². The van der Waals surface area contributed by atoms with Crippen LogP contribution in [0.5, 0.6) is 0 Å². The largest absolute Gasteiger partial charge is 0.314 e. The molecule has 0 aliphatic heterocycles. The van der Waals surface area contributed by atoms with Crippen molar-refractivity contribution in [1.29, 1.82) is 0 Å². The molecular formula is C12H17BrN2O2S. The van der Waals surface area contributed by atoms with Gasteiger partial charge in [-0.05, 0) is 50.1 Å². The van der Waals surface area contributed by atoms with E-state index in [4.69, 9.17) is 0 Å². The Kier molecular flexibility index (Phi) is 4.64. The monoisotopic (exact) mass is 332 g/mol. The molecule has 1 aliphatic carbocycles. The molecule has 0 radical (unpaired) electrons. The minimum atomic E-state index is -3.23. The highest BCUT2D eigenvalue weighted by Gasteiger charge is 2.20. The lowest BCUT2D eigenvalue weighted by atomic mass is 10.3. The molecule has 1 aliphatic rings. The minimum Gasteiger partial charge on any atom is -0.314 e. The van der Waals surface area contributed by atoms with E-state index in [1.165, 1.54) is 12.8 Å². The van der Waals surface area contributed by atoms with Gasteiger partial charge in [0.2, 0.25) is 10.0 Å². The third-order valence-electron chi connectivity index (χ3n) is 2.72. The molecule has 100 valence electrons. The van der Waals surface area contributed by atoms with E-state index in [1.807, 2.05) is 12.1 Å². The van der Waals surface area contributed by atoms with Crippen molar-refractivity contribution in [3.8, 4) is 0 Å². The van der Waals surface area contributed by atoms with E-state index in [0.29, 0.717) is 18.2 Å². The number of hydrogen-bond donors (Lipinski definition) is 2. The second-order valence-electron chi connectivity index (χ2n) is 4.51. The van der Waals surface area contributed by atoms with E-state index in [9.17, 15) is 8.42 Å². The summed E-state index contributed by atoms with van der Waals surface area (Å²) in [5.74, 6) is 0.156. The molecule has 0 amide bonds. The van der Waals surface area contributed by atoms with E-state index in [-0.39, 0.29) is 5.75 Å². The van der Waals surface area contributed by atoms with Gasteiger partial charge in [0, 0.05) is 16.2 Å². The van der Waals surface area contributed by atoms with Crippen molar-refractivity contribution in [2.45, 2.75) is 25.3 Å². The molecule has 0 aromatic heterocycles. The molecule has 6 heteroatoms. The Bertz CT molecular complexity index is 483. The maximum absolute atomic E-state index is 11.8. The SMILES string of the molecule is O=S(=O)(CCCNC1CC1)Nc1ccc(Br)cc1. The van der Waals surface area contributed by atoms with Crippen molar-refractivity contribution < 1.29 is 8.42 Å². The van der Waals surface area contributed by atoms with Crippen molar-refractivity contribution >= 4 is 31.6 Å². The summed E-state index contributed by atoms with van der Waals surface area (Å²) in [6.07, 6.45) is 3.09. The van der Waals surface area contributed by atoms with Crippen molar-refractivity contribution in [3.05, 3.63) is 28.7 Å². The Morgan fingerprint density at radius 1 is 1.22 bits per heavy atom. The van der Waals surface area contributed by atoms with Gasteiger partial charge >= 0.3 is 0 Å². The molecule has 18 heavy (non-hydrogen) atoms. The van der Waals surface area contributed by atoms with E-state index in [2.05, 4.69) is 26.0 Å². The van der Waals surface area contributed by atoms with Crippen molar-refractivity contribution in [1.82, 2.24) is 5.32 Å². The molecule has 4 nitrogen and oxygen atoms in total. The summed E-state index contributed by atoms with van der Waals surface area (Å²) >= 11 is 3.31. The van der Waals surface area contributed by atoms with Gasteiger partial charge in [0.1, 0.15) is 0 Å². The number of hydrogen-bond acceptors (Lipinski definition) is 3. The summed E-state index contributed by atoms with van der Waals surface area (Å²) < 4.78 is 27.1. The van der Waals surface area contributed by atoms with Gasteiger partial charge in [0.25, 0.3) is 0 Å². The Morgan fingerprint density at radius 3 is 2.50 bits per heavy atom. The molecule has 0 heterocycles. The third kappa shape index (κ3) is 4.96. The maximum Gasteiger partial charge on any atom is 0.232 e. The molecule has 0 bridgehead atoms. The Balaban J connectivity index is 1.76. The van der Waals surface area contributed by atoms with Gasteiger partial charge in [-0.15, -0.1) is 0 Å². The number of anilines is 1. The molecule has 0 spiro atoms. The summed E-state index contributed by atoms with van der Waals surface area (Å²) in [4.78, 5) is 0. The fourth-order valence-corrected chi connectivity index (χ4v) is 2.99. The number of rotatable bonds is 7. The predicted octanol–water partition coefficient (Wildman–Crippen LogP) is 2.33. The van der Waals surface area contributed by atoms with Crippen LogP contribution in [-0.2, 0) is 10.0 Å². The van der Waals surface area contributed by atoms with Crippen LogP contribution in [0.1, 0.15) is 19.3 Å². The van der Waals surface area contributed by atoms with E-state index in [1.54, 1.807) is 12.1 Å². The van der Waals surface area contributed by atoms with Crippen LogP contribution in [0.15, 0.2) is 28.7 Å². The first-order valence-electron chi connectivity index (χ1n) is 6.05. The molecule has 0 saturated heterocycles. The summed E-state index contributed by atoms with van der Waals surface area (Å²) in [6.45, 7) is 0.770. The Morgan fingerprint density at radius 2 is 1.89 bits per heavy atom. The highest BCUT2D eigenvalue weighted by atomic mass is 79.9. The van der Waals surface area contributed by atoms with Gasteiger partial charge < -0.3 is 5.32 Å². The van der Waals surface area contributed by atoms with E-state index in [0.717, 1.165) is 11.0 Å². The van der Waals surface area contributed by atoms with E-state index >= 15 is 0 Å². The van der Waals surface area contributed by atoms with Gasteiger partial charge in [-0.25, -0.2) is 8.42 Å². The van der Waals surface area contributed by atoms with Gasteiger partial charge in [0.05, 0.1) is 5.75 Å². The van der Waals surface area contributed by atoms with Crippen LogP contribution in [0, 0.1) is 0 Å². The summed E-state index contributed by atoms with van der Waals surface area (Å²) in [5.41, 5.74) is 0.605. The number of nitrogens with one attached hydrogen (secondary N) is 2. The van der Waals surface area contributed by atoms with Crippen LogP contribution in [-0.4, -0.2) is 26.8 Å². The van der Waals surface area contributed by atoms with Gasteiger partial charge in [-0.3, -0.25) is 4.72 Å². The third-order valence-corrected chi connectivity index (χ3v) is 4.62. The molecule has 0 unspecified atom stereocenters. The van der Waals surface area contributed by atoms with Crippen LogP contribution < -0.4 is 10.0 Å². The smallest absolute Gasteiger partial charge is 0.232 e. The van der Waals surface area contributed by atoms with Crippen LogP contribution in [0.25, 0.3) is 0 Å². The average Bonchev–Trinajstić information content (AvgIpc) is 3.11. The summed E-state index contributed by atoms with van der Waals surface area (Å²) in [6, 6.07) is 7.74. The second kappa shape index (κ2) is 6.04. The highest BCUT2D eigenvalue weighted by Crippen LogP contribution is 2.18. The molecule has 1 saturated carbocycles. The zero-order valence-electron chi connectivity index (χ0n) is 10.0. The predicted molar refractivity (Wildman–Crippen MR) is 77.2 cm³/mol. The van der Waals surface area contributed by atoms with Crippen molar-refractivity contribution in [2.24, 2.45) is 0 Å². The highest BCUT2D eigenvalue weighted by molar-refractivity contribution is 9.10. The van der Waals surface area contributed by atoms with E-state index < -0.39 is 10.0 Å². The van der Waals surface area contributed by atoms with Crippen LogP contribution in [0.4, 0.5) is 5.69 Å². The average molecular weight is 333 g/mol. The standard InChI is InChI=1S/C12H17BrN2O2S/c13-10-2-4-12(5-3-10)15-18(16,17)9-1-8-14-11-6-7-11/h2-5,11,14-15H,1,6-9H2. The molecule has 1 aromatic carbocycles. The molecule has 1 fully saturated rings. The van der Waals surface area contributed by atoms with Crippen LogP contribution in [0.3, 0.4) is 0 Å². The Hall–Kier alpha value is -0.590. The van der Waals surface area contributed by atoms with Gasteiger partial charge in [0.15, 0.2) is 0 Å². The lowest BCUT2D eigenvalue weighted by Crippen LogP contribution is -2.23. The molecule has 2 rings (SSSR count). The normalized spacial score (nSPS) is 15.6. The summed E-state index contributed by atoms with van der Waals surface area (Å²) in [7, 11) is -3.23. The fraction of sp³-hybridized carbons (Fsp3) is 0.500. The molecule has 1 aromatic rings. The maximum atomic E-state index is 11.8. The van der Waals surface area contributed by atoms with Crippen molar-refractivity contribution in [2.75, 3.05) is 17.0 Å². The number of benzene rings is 1. The topological polar surface area (TPSA) is 58.2 Å². The zero-order chi connectivity index (χ0) is 13.0. The van der Waals surface area contributed by atoms with Gasteiger partial charge in [-0.2, -0.15) is 0 Å². The lowest BCUT2D eigenvalue weighted by molar-refractivity contribution is 0.593. The molecule has 0 atom stereocenters. The number of sulfonamides is 1. The lowest BCUT2D eigenvalue weighted by Gasteiger charge is -2.08. The number of halogens is 1. The second-order valence-corrected chi connectivity index (χ2v) is 7.27. The van der Waals surface area contributed by atoms with Crippen LogP contribution in [0.2, 0.25) is 0 Å².